The third-order valence-electron chi connectivity index (χ3n) is 4.69. The summed E-state index contributed by atoms with van der Waals surface area (Å²) in [5.41, 5.74) is 2.09. The zero-order valence-electron chi connectivity index (χ0n) is 16.9. The molecule has 3 amide bonds. The Kier molecular flexibility index (Phi) is 6.34. The maximum absolute atomic E-state index is 12.8. The molecule has 3 aromatic rings. The number of methoxy groups -OCH3 is 1. The molecular formula is C23H18ClN3O4S. The fourth-order valence-electron chi connectivity index (χ4n) is 3.17. The lowest BCUT2D eigenvalue weighted by Gasteiger charge is -2.12. The van der Waals surface area contributed by atoms with Crippen molar-refractivity contribution in [3.8, 4) is 11.4 Å². The third kappa shape index (κ3) is 4.71. The molecule has 0 bridgehead atoms. The summed E-state index contributed by atoms with van der Waals surface area (Å²) in [4.78, 5) is 38.7. The number of thioether (sulfide) groups is 1. The molecule has 2 aromatic carbocycles. The highest BCUT2D eigenvalue weighted by molar-refractivity contribution is 8.18. The van der Waals surface area contributed by atoms with E-state index in [9.17, 15) is 14.4 Å². The Balaban J connectivity index is 1.49. The zero-order chi connectivity index (χ0) is 22.7. The molecule has 32 heavy (non-hydrogen) atoms. The first-order valence-corrected chi connectivity index (χ1v) is 10.8. The third-order valence-corrected chi connectivity index (χ3v) is 5.84. The summed E-state index contributed by atoms with van der Waals surface area (Å²) in [6, 6.07) is 17.8. The van der Waals surface area contributed by atoms with Crippen LogP contribution in [0.3, 0.4) is 0 Å². The number of carbonyl (C=O) groups is 3. The Hall–Kier alpha value is -3.49. The number of hydrogen-bond acceptors (Lipinski definition) is 5. The fourth-order valence-corrected chi connectivity index (χ4v) is 4.18. The highest BCUT2D eigenvalue weighted by Gasteiger charge is 2.36. The highest BCUT2D eigenvalue weighted by Crippen LogP contribution is 2.32. The number of ether oxygens (including phenoxy) is 1. The van der Waals surface area contributed by atoms with Gasteiger partial charge in [0.15, 0.2) is 0 Å². The molecule has 1 saturated heterocycles. The number of benzene rings is 2. The molecule has 0 saturated carbocycles. The van der Waals surface area contributed by atoms with Crippen LogP contribution in [-0.4, -0.2) is 40.2 Å². The van der Waals surface area contributed by atoms with Gasteiger partial charge in [-0.2, -0.15) is 0 Å². The lowest BCUT2D eigenvalue weighted by Crippen LogP contribution is -2.36. The van der Waals surface area contributed by atoms with Gasteiger partial charge in [-0.1, -0.05) is 17.7 Å². The van der Waals surface area contributed by atoms with Crippen LogP contribution in [0.2, 0.25) is 5.02 Å². The van der Waals surface area contributed by atoms with E-state index in [1.54, 1.807) is 37.5 Å². The number of carbonyl (C=O) groups excluding carboxylic acids is 3. The van der Waals surface area contributed by atoms with Crippen molar-refractivity contribution in [2.75, 3.05) is 19.0 Å². The molecule has 1 aromatic heterocycles. The van der Waals surface area contributed by atoms with Crippen molar-refractivity contribution in [2.24, 2.45) is 0 Å². The second-order valence-electron chi connectivity index (χ2n) is 6.83. The molecule has 4 rings (SSSR count). The normalized spacial score (nSPS) is 14.8. The molecule has 0 atom stereocenters. The van der Waals surface area contributed by atoms with Gasteiger partial charge in [-0.3, -0.25) is 19.3 Å². The van der Waals surface area contributed by atoms with Gasteiger partial charge < -0.3 is 14.6 Å². The number of rotatable bonds is 6. The smallest absolute Gasteiger partial charge is 0.294 e. The van der Waals surface area contributed by atoms with Crippen molar-refractivity contribution in [2.45, 2.75) is 0 Å². The first-order valence-electron chi connectivity index (χ1n) is 9.57. The van der Waals surface area contributed by atoms with Crippen molar-refractivity contribution in [1.82, 2.24) is 9.47 Å². The Morgan fingerprint density at radius 2 is 1.91 bits per heavy atom. The molecule has 0 unspecified atom stereocenters. The molecule has 9 heteroatoms. The lowest BCUT2D eigenvalue weighted by molar-refractivity contribution is -0.127. The van der Waals surface area contributed by atoms with Gasteiger partial charge in [-0.15, -0.1) is 0 Å². The molecular weight excluding hydrogens is 450 g/mol. The second-order valence-corrected chi connectivity index (χ2v) is 8.26. The van der Waals surface area contributed by atoms with Crippen molar-refractivity contribution in [3.05, 3.63) is 82.5 Å². The predicted molar refractivity (Wildman–Crippen MR) is 125 cm³/mol. The molecule has 7 nitrogen and oxygen atoms in total. The van der Waals surface area contributed by atoms with E-state index in [1.807, 2.05) is 47.2 Å². The van der Waals surface area contributed by atoms with Crippen molar-refractivity contribution in [3.63, 3.8) is 0 Å². The Bertz CT molecular complexity index is 1220. The minimum absolute atomic E-state index is 0.249. The Morgan fingerprint density at radius 1 is 1.12 bits per heavy atom. The van der Waals surface area contributed by atoms with Gasteiger partial charge >= 0.3 is 0 Å². The molecule has 0 aliphatic carbocycles. The first-order chi connectivity index (χ1) is 15.4. The zero-order valence-corrected chi connectivity index (χ0v) is 18.5. The number of anilines is 1. The van der Waals surface area contributed by atoms with Gasteiger partial charge in [-0.05, 0) is 72.4 Å². The Labute approximate surface area is 193 Å². The summed E-state index contributed by atoms with van der Waals surface area (Å²) in [6.45, 7) is -0.381. The predicted octanol–water partition coefficient (Wildman–Crippen LogP) is 4.81. The van der Waals surface area contributed by atoms with E-state index in [0.717, 1.165) is 33.8 Å². The fraction of sp³-hybridized carbons (Fsp3) is 0.0870. The van der Waals surface area contributed by atoms with Crippen LogP contribution in [-0.2, 0) is 9.59 Å². The number of imide groups is 1. The van der Waals surface area contributed by atoms with Gasteiger partial charge in [0.1, 0.15) is 12.3 Å². The molecule has 1 aliphatic rings. The summed E-state index contributed by atoms with van der Waals surface area (Å²) < 4.78 is 7.07. The van der Waals surface area contributed by atoms with Crippen LogP contribution in [0.15, 0.2) is 71.8 Å². The number of amides is 3. The van der Waals surface area contributed by atoms with E-state index in [2.05, 4.69) is 5.32 Å². The summed E-state index contributed by atoms with van der Waals surface area (Å²) >= 11 is 6.72. The Morgan fingerprint density at radius 3 is 2.62 bits per heavy atom. The quantitative estimate of drug-likeness (QED) is 0.526. The minimum Gasteiger partial charge on any atom is -0.497 e. The number of nitrogens with one attached hydrogen (secondary N) is 1. The van der Waals surface area contributed by atoms with E-state index in [-0.39, 0.29) is 11.4 Å². The maximum Gasteiger partial charge on any atom is 0.294 e. The van der Waals surface area contributed by atoms with Gasteiger partial charge in [0.05, 0.1) is 12.0 Å². The van der Waals surface area contributed by atoms with E-state index in [1.165, 1.54) is 0 Å². The van der Waals surface area contributed by atoms with Crippen LogP contribution < -0.4 is 10.1 Å². The monoisotopic (exact) mass is 467 g/mol. The highest BCUT2D eigenvalue weighted by atomic mass is 35.5. The number of halogens is 1. The van der Waals surface area contributed by atoms with Crippen LogP contribution in [0.4, 0.5) is 10.5 Å². The molecule has 2 heterocycles. The van der Waals surface area contributed by atoms with Crippen LogP contribution in [0, 0.1) is 0 Å². The molecule has 0 spiro atoms. The average molecular weight is 468 g/mol. The van der Waals surface area contributed by atoms with E-state index in [4.69, 9.17) is 16.3 Å². The number of hydrogen-bond donors (Lipinski definition) is 1. The standard InChI is InChI=1S/C23H18ClN3O4S/c1-31-19-9-7-17(8-10-19)26-11-3-6-18(26)13-20-22(29)27(23(30)32-20)14-21(28)25-16-5-2-4-15(24)12-16/h2-13H,14H2,1H3,(H,25,28)/b20-13-. The van der Waals surface area contributed by atoms with Crippen molar-refractivity contribution >= 4 is 52.2 Å². The topological polar surface area (TPSA) is 80.6 Å². The van der Waals surface area contributed by atoms with Gasteiger partial charge in [0.2, 0.25) is 5.91 Å². The van der Waals surface area contributed by atoms with Crippen LogP contribution in [0.5, 0.6) is 5.75 Å². The average Bonchev–Trinajstić information content (AvgIpc) is 3.34. The molecule has 1 N–H and O–H groups in total. The van der Waals surface area contributed by atoms with Gasteiger partial charge in [0, 0.05) is 28.3 Å². The molecule has 1 fully saturated rings. The number of nitrogens with zero attached hydrogens (tertiary/aromatic N) is 2. The SMILES string of the molecule is COc1ccc(-n2cccc2/C=C2\SC(=O)N(CC(=O)Nc3cccc(Cl)c3)C2=O)cc1. The van der Waals surface area contributed by atoms with Gasteiger partial charge in [-0.25, -0.2) is 0 Å². The van der Waals surface area contributed by atoms with Crippen LogP contribution >= 0.6 is 23.4 Å². The van der Waals surface area contributed by atoms with Crippen LogP contribution in [0.25, 0.3) is 11.8 Å². The summed E-state index contributed by atoms with van der Waals surface area (Å²) in [5.74, 6) is -0.263. The minimum atomic E-state index is -0.510. The summed E-state index contributed by atoms with van der Waals surface area (Å²) in [7, 11) is 1.60. The lowest BCUT2D eigenvalue weighted by atomic mass is 10.2. The molecule has 1 aliphatic heterocycles. The van der Waals surface area contributed by atoms with E-state index < -0.39 is 17.1 Å². The van der Waals surface area contributed by atoms with Crippen LogP contribution in [0.1, 0.15) is 5.69 Å². The van der Waals surface area contributed by atoms with Crippen molar-refractivity contribution < 1.29 is 19.1 Å². The maximum atomic E-state index is 12.8. The summed E-state index contributed by atoms with van der Waals surface area (Å²) in [6.07, 6.45) is 3.50. The van der Waals surface area contributed by atoms with Crippen molar-refractivity contribution in [1.29, 1.82) is 0 Å². The van der Waals surface area contributed by atoms with Gasteiger partial charge in [0.25, 0.3) is 11.1 Å². The first kappa shape index (κ1) is 21.7. The van der Waals surface area contributed by atoms with E-state index >= 15 is 0 Å². The number of aromatic nitrogens is 1. The largest absolute Gasteiger partial charge is 0.497 e. The molecule has 162 valence electrons. The van der Waals surface area contributed by atoms with E-state index in [0.29, 0.717) is 10.7 Å². The second kappa shape index (κ2) is 9.33. The molecule has 0 radical (unpaired) electrons. The summed E-state index contributed by atoms with van der Waals surface area (Å²) in [5, 5.41) is 2.61.